The van der Waals surface area contributed by atoms with Gasteiger partial charge >= 0.3 is 0 Å². The van der Waals surface area contributed by atoms with Gasteiger partial charge in [0.25, 0.3) is 0 Å². The number of carbonyl (C=O) groups is 1. The maximum Gasteiger partial charge on any atom is 0.244 e. The van der Waals surface area contributed by atoms with Gasteiger partial charge in [0.1, 0.15) is 0 Å². The Morgan fingerprint density at radius 2 is 1.90 bits per heavy atom. The van der Waals surface area contributed by atoms with Crippen LogP contribution in [0.2, 0.25) is 0 Å². The van der Waals surface area contributed by atoms with Crippen LogP contribution in [0.5, 0.6) is 0 Å². The minimum absolute atomic E-state index is 0.00296. The van der Waals surface area contributed by atoms with Crippen LogP contribution in [0, 0.1) is 19.8 Å². The van der Waals surface area contributed by atoms with Crippen molar-refractivity contribution in [1.29, 1.82) is 0 Å². The van der Waals surface area contributed by atoms with E-state index in [0.717, 1.165) is 32.1 Å². The number of carbonyl (C=O) groups excluding carboxylic acids is 1. The number of nitrogens with zero attached hydrogens (tertiary/aromatic N) is 3. The molecule has 0 unspecified atom stereocenters. The molecule has 2 aromatic heterocycles. The molecule has 10 heteroatoms. The maximum absolute atomic E-state index is 13.4. The first-order valence-electron chi connectivity index (χ1n) is 11.1. The highest BCUT2D eigenvalue weighted by Crippen LogP contribution is 2.35. The average molecular weight is 467 g/mol. The third kappa shape index (κ3) is 5.01. The molecule has 31 heavy (non-hydrogen) atoms. The molecule has 2 fully saturated rings. The highest BCUT2D eigenvalue weighted by atomic mass is 32.2. The van der Waals surface area contributed by atoms with Crippen LogP contribution in [-0.4, -0.2) is 47.9 Å². The summed E-state index contributed by atoms with van der Waals surface area (Å²) in [6.45, 7) is 4.14. The second kappa shape index (κ2) is 9.38. The lowest BCUT2D eigenvalue weighted by molar-refractivity contribution is -0.126. The summed E-state index contributed by atoms with van der Waals surface area (Å²) >= 11 is 1.33. The first-order chi connectivity index (χ1) is 14.8. The van der Waals surface area contributed by atoms with E-state index in [1.807, 2.05) is 0 Å². The molecular weight excluding hydrogens is 436 g/mol. The van der Waals surface area contributed by atoms with E-state index in [0.29, 0.717) is 34.4 Å². The topological polar surface area (TPSA) is 105 Å². The van der Waals surface area contributed by atoms with E-state index in [1.165, 1.54) is 28.5 Å². The molecule has 2 aromatic rings. The van der Waals surface area contributed by atoms with Crippen molar-refractivity contribution in [1.82, 2.24) is 19.8 Å². The molecular formula is C21H30N4O4S2. The Labute approximate surface area is 187 Å². The van der Waals surface area contributed by atoms with Gasteiger partial charge in [0.2, 0.25) is 27.6 Å². The van der Waals surface area contributed by atoms with Gasteiger partial charge in [-0.3, -0.25) is 4.79 Å². The van der Waals surface area contributed by atoms with Crippen molar-refractivity contribution in [3.05, 3.63) is 16.8 Å². The number of nitrogens with one attached hydrogen (secondary N) is 1. The minimum atomic E-state index is -3.70. The molecule has 1 saturated heterocycles. The standard InChI is InChI=1S/C21H30N4O4S2/c1-14-19(12-18(30-14)20-22-15(2)29-24-20)31(27,28)25-11-7-8-16(13-25)21(26)23-17-9-5-3-4-6-10-17/h12,16-17H,3-11,13H2,1-2H3,(H,23,26)/t16-/m1/s1. The molecule has 0 spiro atoms. The summed E-state index contributed by atoms with van der Waals surface area (Å²) < 4.78 is 33.3. The number of thiophene rings is 1. The van der Waals surface area contributed by atoms with Gasteiger partial charge in [0.05, 0.1) is 15.7 Å². The molecule has 3 heterocycles. The van der Waals surface area contributed by atoms with E-state index in [2.05, 4.69) is 15.5 Å². The summed E-state index contributed by atoms with van der Waals surface area (Å²) in [5.41, 5.74) is 0. The third-order valence-electron chi connectivity index (χ3n) is 6.19. The van der Waals surface area contributed by atoms with Crippen LogP contribution in [0.4, 0.5) is 0 Å². The smallest absolute Gasteiger partial charge is 0.244 e. The molecule has 170 valence electrons. The zero-order valence-corrected chi connectivity index (χ0v) is 19.7. The number of rotatable bonds is 5. The number of sulfonamides is 1. The highest BCUT2D eigenvalue weighted by Gasteiger charge is 2.35. The van der Waals surface area contributed by atoms with Crippen LogP contribution < -0.4 is 5.32 Å². The summed E-state index contributed by atoms with van der Waals surface area (Å²) in [4.78, 5) is 18.7. The van der Waals surface area contributed by atoms with Gasteiger partial charge in [0.15, 0.2) is 0 Å². The van der Waals surface area contributed by atoms with Gasteiger partial charge in [0, 0.05) is 30.9 Å². The number of hydrogen-bond acceptors (Lipinski definition) is 7. The molecule has 4 rings (SSSR count). The molecule has 1 atom stereocenters. The predicted octanol–water partition coefficient (Wildman–Crippen LogP) is 3.65. The van der Waals surface area contributed by atoms with Crippen LogP contribution in [-0.2, 0) is 14.8 Å². The highest BCUT2D eigenvalue weighted by molar-refractivity contribution is 7.89. The van der Waals surface area contributed by atoms with Crippen LogP contribution in [0.3, 0.4) is 0 Å². The number of aryl methyl sites for hydroxylation is 2. The van der Waals surface area contributed by atoms with Crippen molar-refractivity contribution in [2.75, 3.05) is 13.1 Å². The van der Waals surface area contributed by atoms with E-state index in [1.54, 1.807) is 19.9 Å². The zero-order valence-electron chi connectivity index (χ0n) is 18.1. The first kappa shape index (κ1) is 22.4. The first-order valence-corrected chi connectivity index (χ1v) is 13.3. The van der Waals surface area contributed by atoms with Crippen LogP contribution >= 0.6 is 11.3 Å². The van der Waals surface area contributed by atoms with E-state index in [-0.39, 0.29) is 29.3 Å². The lowest BCUT2D eigenvalue weighted by Gasteiger charge is -2.32. The molecule has 0 radical (unpaired) electrons. The number of amides is 1. The molecule has 2 aliphatic rings. The van der Waals surface area contributed by atoms with Crippen LogP contribution in [0.15, 0.2) is 15.5 Å². The molecule has 0 bridgehead atoms. The second-order valence-electron chi connectivity index (χ2n) is 8.57. The Morgan fingerprint density at radius 3 is 2.58 bits per heavy atom. The molecule has 1 saturated carbocycles. The summed E-state index contributed by atoms with van der Waals surface area (Å²) in [6, 6.07) is 1.84. The Kier molecular flexibility index (Phi) is 6.78. The van der Waals surface area contributed by atoms with E-state index < -0.39 is 10.0 Å². The van der Waals surface area contributed by atoms with Crippen LogP contribution in [0.25, 0.3) is 10.7 Å². The Balaban J connectivity index is 1.47. The Hall–Kier alpha value is -1.78. The minimum Gasteiger partial charge on any atom is -0.353 e. The average Bonchev–Trinajstić information content (AvgIpc) is 3.26. The summed E-state index contributed by atoms with van der Waals surface area (Å²) in [6.07, 6.45) is 8.20. The SMILES string of the molecule is Cc1nc(-c2cc(S(=O)(=O)N3CCC[C@@H](C(=O)NC4CCCCCC4)C3)c(C)s2)no1. The van der Waals surface area contributed by atoms with Crippen molar-refractivity contribution in [2.24, 2.45) is 5.92 Å². The fourth-order valence-electron chi connectivity index (χ4n) is 4.49. The molecule has 0 aromatic carbocycles. The quantitative estimate of drug-likeness (QED) is 0.674. The lowest BCUT2D eigenvalue weighted by atomic mass is 9.97. The largest absolute Gasteiger partial charge is 0.353 e. The van der Waals surface area contributed by atoms with Crippen LogP contribution in [0.1, 0.15) is 62.1 Å². The second-order valence-corrected chi connectivity index (χ2v) is 11.7. The number of aromatic nitrogens is 2. The molecule has 1 amide bonds. The number of piperidine rings is 1. The summed E-state index contributed by atoms with van der Waals surface area (Å²) in [5, 5.41) is 7.09. The molecule has 1 N–H and O–H groups in total. The van der Waals surface area contributed by atoms with Crippen molar-refractivity contribution in [3.63, 3.8) is 0 Å². The van der Waals surface area contributed by atoms with Crippen molar-refractivity contribution < 1.29 is 17.7 Å². The van der Waals surface area contributed by atoms with Crippen molar-refractivity contribution in [3.8, 4) is 10.7 Å². The van der Waals surface area contributed by atoms with Gasteiger partial charge in [-0.15, -0.1) is 11.3 Å². The fourth-order valence-corrected chi connectivity index (χ4v) is 7.50. The summed E-state index contributed by atoms with van der Waals surface area (Å²) in [7, 11) is -3.70. The Morgan fingerprint density at radius 1 is 1.16 bits per heavy atom. The van der Waals surface area contributed by atoms with E-state index in [9.17, 15) is 13.2 Å². The normalized spacial score (nSPS) is 21.7. The van der Waals surface area contributed by atoms with E-state index >= 15 is 0 Å². The van der Waals surface area contributed by atoms with Gasteiger partial charge in [-0.05, 0) is 38.7 Å². The molecule has 1 aliphatic carbocycles. The van der Waals surface area contributed by atoms with Gasteiger partial charge in [-0.25, -0.2) is 8.42 Å². The third-order valence-corrected chi connectivity index (χ3v) is 9.36. The van der Waals surface area contributed by atoms with Crippen molar-refractivity contribution in [2.45, 2.75) is 76.2 Å². The molecule has 1 aliphatic heterocycles. The summed E-state index contributed by atoms with van der Waals surface area (Å²) in [5.74, 6) is 0.525. The lowest BCUT2D eigenvalue weighted by Crippen LogP contribution is -2.47. The fraction of sp³-hybridized carbons (Fsp3) is 0.667. The maximum atomic E-state index is 13.4. The molecule has 8 nitrogen and oxygen atoms in total. The van der Waals surface area contributed by atoms with Gasteiger partial charge in [-0.2, -0.15) is 9.29 Å². The van der Waals surface area contributed by atoms with Gasteiger partial charge in [-0.1, -0.05) is 30.8 Å². The van der Waals surface area contributed by atoms with Gasteiger partial charge < -0.3 is 9.84 Å². The van der Waals surface area contributed by atoms with E-state index in [4.69, 9.17) is 4.52 Å². The monoisotopic (exact) mass is 466 g/mol. The Bertz CT molecular complexity index is 1020. The zero-order chi connectivity index (χ0) is 22.0. The van der Waals surface area contributed by atoms with Crippen molar-refractivity contribution >= 4 is 27.3 Å². The predicted molar refractivity (Wildman–Crippen MR) is 118 cm³/mol. The number of hydrogen-bond donors (Lipinski definition) is 1.